The number of hydrogen-bond acceptors (Lipinski definition) is 1. The van der Waals surface area contributed by atoms with Crippen LogP contribution in [0.4, 0.5) is 8.78 Å². The standard InChI is InChI=1S/C15H21F2N/c1-2-18-15(8-11-4-3-5-11)9-12-6-13(16)10-14(17)7-12/h6-7,10-11,15,18H,2-5,8-9H2,1H3. The molecule has 0 spiro atoms. The van der Waals surface area contributed by atoms with Gasteiger partial charge in [0.2, 0.25) is 0 Å². The van der Waals surface area contributed by atoms with E-state index in [0.717, 1.165) is 30.5 Å². The fourth-order valence-corrected chi connectivity index (χ4v) is 2.67. The molecule has 0 aromatic heterocycles. The van der Waals surface area contributed by atoms with Gasteiger partial charge >= 0.3 is 0 Å². The summed E-state index contributed by atoms with van der Waals surface area (Å²) in [5.41, 5.74) is 0.748. The third-order valence-electron chi connectivity index (χ3n) is 3.74. The zero-order valence-corrected chi connectivity index (χ0v) is 10.9. The molecule has 1 aromatic rings. The smallest absolute Gasteiger partial charge is 0.126 e. The Kier molecular flexibility index (Phi) is 4.70. The summed E-state index contributed by atoms with van der Waals surface area (Å²) in [6.45, 7) is 2.97. The molecule has 1 unspecified atom stereocenters. The zero-order valence-electron chi connectivity index (χ0n) is 10.9. The summed E-state index contributed by atoms with van der Waals surface area (Å²) in [5, 5.41) is 3.42. The van der Waals surface area contributed by atoms with Crippen molar-refractivity contribution in [3.05, 3.63) is 35.4 Å². The second kappa shape index (κ2) is 6.28. The fraction of sp³-hybridized carbons (Fsp3) is 0.600. The first-order valence-corrected chi connectivity index (χ1v) is 6.85. The summed E-state index contributed by atoms with van der Waals surface area (Å²) >= 11 is 0. The molecule has 1 N–H and O–H groups in total. The van der Waals surface area contributed by atoms with Gasteiger partial charge in [0.05, 0.1) is 0 Å². The molecular formula is C15H21F2N. The van der Waals surface area contributed by atoms with Crippen molar-refractivity contribution in [1.29, 1.82) is 0 Å². The lowest BCUT2D eigenvalue weighted by Gasteiger charge is -2.30. The molecule has 2 rings (SSSR count). The second-order valence-corrected chi connectivity index (χ2v) is 5.27. The quantitative estimate of drug-likeness (QED) is 0.815. The van der Waals surface area contributed by atoms with Crippen LogP contribution in [0.15, 0.2) is 18.2 Å². The molecule has 0 bridgehead atoms. The van der Waals surface area contributed by atoms with E-state index in [1.165, 1.54) is 31.4 Å². The van der Waals surface area contributed by atoms with Crippen LogP contribution >= 0.6 is 0 Å². The van der Waals surface area contributed by atoms with Crippen molar-refractivity contribution in [2.45, 2.75) is 45.1 Å². The molecule has 0 amide bonds. The average Bonchev–Trinajstić information content (AvgIpc) is 2.22. The van der Waals surface area contributed by atoms with E-state index in [-0.39, 0.29) is 0 Å². The van der Waals surface area contributed by atoms with E-state index in [9.17, 15) is 8.78 Å². The van der Waals surface area contributed by atoms with Crippen molar-refractivity contribution in [3.63, 3.8) is 0 Å². The summed E-state index contributed by atoms with van der Waals surface area (Å²) in [4.78, 5) is 0. The molecule has 1 fully saturated rings. The van der Waals surface area contributed by atoms with Gasteiger partial charge in [0.1, 0.15) is 11.6 Å². The minimum atomic E-state index is -0.483. The molecule has 0 heterocycles. The normalized spacial score (nSPS) is 17.5. The maximum Gasteiger partial charge on any atom is 0.126 e. The van der Waals surface area contributed by atoms with Crippen LogP contribution in [0.2, 0.25) is 0 Å². The van der Waals surface area contributed by atoms with Crippen LogP contribution in [0.3, 0.4) is 0 Å². The van der Waals surface area contributed by atoms with Crippen LogP contribution in [0.5, 0.6) is 0 Å². The van der Waals surface area contributed by atoms with Crippen molar-refractivity contribution in [1.82, 2.24) is 5.32 Å². The van der Waals surface area contributed by atoms with Gasteiger partial charge in [0.15, 0.2) is 0 Å². The second-order valence-electron chi connectivity index (χ2n) is 5.27. The topological polar surface area (TPSA) is 12.0 Å². The molecule has 0 aliphatic heterocycles. The van der Waals surface area contributed by atoms with Crippen LogP contribution in [-0.2, 0) is 6.42 Å². The first-order valence-electron chi connectivity index (χ1n) is 6.85. The Hall–Kier alpha value is -0.960. The molecule has 1 aromatic carbocycles. The lowest BCUT2D eigenvalue weighted by Crippen LogP contribution is -2.34. The number of likely N-dealkylation sites (N-methyl/N-ethyl adjacent to an activating group) is 1. The van der Waals surface area contributed by atoms with Crippen molar-refractivity contribution in [3.8, 4) is 0 Å². The Bertz CT molecular complexity index is 368. The van der Waals surface area contributed by atoms with Crippen LogP contribution in [-0.4, -0.2) is 12.6 Å². The predicted octanol–water partition coefficient (Wildman–Crippen LogP) is 3.68. The van der Waals surface area contributed by atoms with Gasteiger partial charge in [-0.2, -0.15) is 0 Å². The molecule has 1 nitrogen and oxygen atoms in total. The summed E-state index contributed by atoms with van der Waals surface area (Å²) in [6, 6.07) is 4.14. The van der Waals surface area contributed by atoms with E-state index < -0.39 is 11.6 Å². The molecule has 18 heavy (non-hydrogen) atoms. The molecule has 1 atom stereocenters. The van der Waals surface area contributed by atoms with Gasteiger partial charge in [-0.05, 0) is 43.0 Å². The lowest BCUT2D eigenvalue weighted by atomic mass is 9.80. The van der Waals surface area contributed by atoms with E-state index in [4.69, 9.17) is 0 Å². The van der Waals surface area contributed by atoms with Gasteiger partial charge in [0.25, 0.3) is 0 Å². The first-order chi connectivity index (χ1) is 8.67. The molecule has 0 saturated heterocycles. The number of benzene rings is 1. The molecule has 3 heteroatoms. The fourth-order valence-electron chi connectivity index (χ4n) is 2.67. The maximum absolute atomic E-state index is 13.1. The Balaban J connectivity index is 1.97. The summed E-state index contributed by atoms with van der Waals surface area (Å²) in [6.07, 6.45) is 5.77. The van der Waals surface area contributed by atoms with E-state index in [1.54, 1.807) is 0 Å². The lowest BCUT2D eigenvalue weighted by molar-refractivity contribution is 0.260. The summed E-state index contributed by atoms with van der Waals surface area (Å²) in [5.74, 6) is -0.166. The van der Waals surface area contributed by atoms with Crippen LogP contribution in [0, 0.1) is 17.6 Å². The van der Waals surface area contributed by atoms with Gasteiger partial charge in [-0.1, -0.05) is 26.2 Å². The van der Waals surface area contributed by atoms with Gasteiger partial charge in [0, 0.05) is 12.1 Å². The molecule has 1 aliphatic rings. The van der Waals surface area contributed by atoms with E-state index >= 15 is 0 Å². The van der Waals surface area contributed by atoms with E-state index in [1.807, 2.05) is 0 Å². The number of nitrogens with one attached hydrogen (secondary N) is 1. The van der Waals surface area contributed by atoms with Crippen molar-refractivity contribution >= 4 is 0 Å². The van der Waals surface area contributed by atoms with E-state index in [0.29, 0.717) is 12.5 Å². The monoisotopic (exact) mass is 253 g/mol. The van der Waals surface area contributed by atoms with Gasteiger partial charge < -0.3 is 5.32 Å². The van der Waals surface area contributed by atoms with Crippen molar-refractivity contribution < 1.29 is 8.78 Å². The summed E-state index contributed by atoms with van der Waals surface area (Å²) in [7, 11) is 0. The average molecular weight is 253 g/mol. The Morgan fingerprint density at radius 3 is 2.39 bits per heavy atom. The minimum absolute atomic E-state index is 0.335. The van der Waals surface area contributed by atoms with Crippen LogP contribution in [0.25, 0.3) is 0 Å². The molecule has 1 aliphatic carbocycles. The highest BCUT2D eigenvalue weighted by Gasteiger charge is 2.22. The summed E-state index contributed by atoms with van der Waals surface area (Å²) < 4.78 is 26.3. The third-order valence-corrected chi connectivity index (χ3v) is 3.74. The molecule has 0 radical (unpaired) electrons. The Morgan fingerprint density at radius 2 is 1.89 bits per heavy atom. The predicted molar refractivity (Wildman–Crippen MR) is 69.5 cm³/mol. The molecule has 100 valence electrons. The Labute approximate surface area is 108 Å². The number of halogens is 2. The largest absolute Gasteiger partial charge is 0.314 e. The van der Waals surface area contributed by atoms with Crippen LogP contribution in [0.1, 0.15) is 38.2 Å². The van der Waals surface area contributed by atoms with Gasteiger partial charge in [-0.15, -0.1) is 0 Å². The Morgan fingerprint density at radius 1 is 1.22 bits per heavy atom. The highest BCUT2D eigenvalue weighted by Crippen LogP contribution is 2.31. The van der Waals surface area contributed by atoms with Crippen LogP contribution < -0.4 is 5.32 Å². The minimum Gasteiger partial charge on any atom is -0.314 e. The molecular weight excluding hydrogens is 232 g/mol. The van der Waals surface area contributed by atoms with Gasteiger partial charge in [-0.3, -0.25) is 0 Å². The zero-order chi connectivity index (χ0) is 13.0. The highest BCUT2D eigenvalue weighted by atomic mass is 19.1. The van der Waals surface area contributed by atoms with Crippen molar-refractivity contribution in [2.24, 2.45) is 5.92 Å². The van der Waals surface area contributed by atoms with E-state index in [2.05, 4.69) is 12.2 Å². The SMILES string of the molecule is CCNC(Cc1cc(F)cc(F)c1)CC1CCC1. The number of hydrogen-bond donors (Lipinski definition) is 1. The first kappa shape index (κ1) is 13.5. The molecule has 1 saturated carbocycles. The third kappa shape index (κ3) is 3.77. The maximum atomic E-state index is 13.1. The van der Waals surface area contributed by atoms with Crippen molar-refractivity contribution in [2.75, 3.05) is 6.54 Å². The van der Waals surface area contributed by atoms with Gasteiger partial charge in [-0.25, -0.2) is 8.78 Å². The number of rotatable bonds is 6. The highest BCUT2D eigenvalue weighted by molar-refractivity contribution is 5.19.